The van der Waals surface area contributed by atoms with E-state index in [1.54, 1.807) is 18.9 Å². The van der Waals surface area contributed by atoms with Crippen molar-refractivity contribution in [1.29, 1.82) is 0 Å². The van der Waals surface area contributed by atoms with Crippen LogP contribution < -0.4 is 20.5 Å². The maximum absolute atomic E-state index is 11.7. The number of hydrogen-bond acceptors (Lipinski definition) is 5. The van der Waals surface area contributed by atoms with Crippen molar-refractivity contribution in [2.75, 3.05) is 32.3 Å². The summed E-state index contributed by atoms with van der Waals surface area (Å²) in [5.74, 6) is 2.40. The number of amides is 1. The van der Waals surface area contributed by atoms with Gasteiger partial charge in [-0.2, -0.15) is 11.8 Å². The van der Waals surface area contributed by atoms with Gasteiger partial charge >= 0.3 is 0 Å². The predicted molar refractivity (Wildman–Crippen MR) is 87.1 cm³/mol. The van der Waals surface area contributed by atoms with Crippen molar-refractivity contribution in [3.8, 4) is 11.5 Å². The average Bonchev–Trinajstić information content (AvgIpc) is 2.52. The maximum atomic E-state index is 11.7. The first kappa shape index (κ1) is 17.7. The normalized spacial score (nSPS) is 11.8. The first-order chi connectivity index (χ1) is 10.2. The van der Waals surface area contributed by atoms with E-state index in [4.69, 9.17) is 15.2 Å². The van der Waals surface area contributed by atoms with Crippen LogP contribution in [0.5, 0.6) is 11.5 Å². The molecule has 0 spiro atoms. The lowest BCUT2D eigenvalue weighted by molar-refractivity contribution is -0.122. The highest BCUT2D eigenvalue weighted by atomic mass is 32.2. The third-order valence-corrected chi connectivity index (χ3v) is 3.56. The van der Waals surface area contributed by atoms with Gasteiger partial charge in [0.1, 0.15) is 11.5 Å². The minimum Gasteiger partial charge on any atom is -0.497 e. The molecule has 0 fully saturated rings. The van der Waals surface area contributed by atoms with Crippen LogP contribution in [0.3, 0.4) is 0 Å². The standard InChI is InChI=1S/C15H24N2O3S/c1-19-12-4-6-13(7-5-12)20-10-3-9-17-15(18)14(16)8-11-21-2/h4-7,14H,3,8-11,16H2,1-2H3,(H,17,18)/t14-/m0/s1. The summed E-state index contributed by atoms with van der Waals surface area (Å²) in [6, 6.07) is 7.00. The van der Waals surface area contributed by atoms with E-state index < -0.39 is 6.04 Å². The zero-order valence-corrected chi connectivity index (χ0v) is 13.4. The van der Waals surface area contributed by atoms with Gasteiger partial charge in [-0.3, -0.25) is 4.79 Å². The van der Waals surface area contributed by atoms with E-state index in [1.165, 1.54) is 0 Å². The van der Waals surface area contributed by atoms with Crippen molar-refractivity contribution >= 4 is 17.7 Å². The highest BCUT2D eigenvalue weighted by Crippen LogP contribution is 2.16. The summed E-state index contributed by atoms with van der Waals surface area (Å²) in [5, 5.41) is 2.82. The molecule has 1 amide bonds. The molecule has 1 rings (SSSR count). The maximum Gasteiger partial charge on any atom is 0.236 e. The molecule has 0 aliphatic heterocycles. The van der Waals surface area contributed by atoms with Crippen LogP contribution in [-0.4, -0.2) is 44.2 Å². The number of nitrogens with one attached hydrogen (secondary N) is 1. The van der Waals surface area contributed by atoms with Gasteiger partial charge in [0.2, 0.25) is 5.91 Å². The van der Waals surface area contributed by atoms with Crippen molar-refractivity contribution in [2.24, 2.45) is 5.73 Å². The van der Waals surface area contributed by atoms with Crippen LogP contribution in [0.2, 0.25) is 0 Å². The molecule has 0 aliphatic rings. The molecule has 0 saturated heterocycles. The molecule has 1 aromatic carbocycles. The highest BCUT2D eigenvalue weighted by Gasteiger charge is 2.11. The van der Waals surface area contributed by atoms with Gasteiger partial charge in [0.15, 0.2) is 0 Å². The Bertz CT molecular complexity index is 412. The fraction of sp³-hybridized carbons (Fsp3) is 0.533. The minimum atomic E-state index is -0.417. The Morgan fingerprint density at radius 3 is 2.62 bits per heavy atom. The van der Waals surface area contributed by atoms with Crippen LogP contribution in [0, 0.1) is 0 Å². The zero-order valence-electron chi connectivity index (χ0n) is 12.6. The number of ether oxygens (including phenoxy) is 2. The van der Waals surface area contributed by atoms with Crippen molar-refractivity contribution in [3.05, 3.63) is 24.3 Å². The van der Waals surface area contributed by atoms with Crippen molar-refractivity contribution in [1.82, 2.24) is 5.32 Å². The lowest BCUT2D eigenvalue weighted by Crippen LogP contribution is -2.41. The third kappa shape index (κ3) is 7.24. The quantitative estimate of drug-likeness (QED) is 0.643. The molecule has 0 saturated carbocycles. The summed E-state index contributed by atoms with van der Waals surface area (Å²) >= 11 is 1.69. The smallest absolute Gasteiger partial charge is 0.236 e. The summed E-state index contributed by atoms with van der Waals surface area (Å²) in [5.41, 5.74) is 5.77. The molecule has 1 atom stereocenters. The topological polar surface area (TPSA) is 73.6 Å². The molecule has 1 aromatic rings. The fourth-order valence-electron chi connectivity index (χ4n) is 1.65. The molecule has 6 heteroatoms. The minimum absolute atomic E-state index is 0.0894. The summed E-state index contributed by atoms with van der Waals surface area (Å²) in [4.78, 5) is 11.7. The lowest BCUT2D eigenvalue weighted by Gasteiger charge is -2.12. The number of methoxy groups -OCH3 is 1. The summed E-state index contributed by atoms with van der Waals surface area (Å²) < 4.78 is 10.6. The van der Waals surface area contributed by atoms with E-state index in [2.05, 4.69) is 5.32 Å². The van der Waals surface area contributed by atoms with Crippen LogP contribution >= 0.6 is 11.8 Å². The third-order valence-electron chi connectivity index (χ3n) is 2.92. The molecule has 0 radical (unpaired) electrons. The van der Waals surface area contributed by atoms with E-state index in [0.29, 0.717) is 19.6 Å². The van der Waals surface area contributed by atoms with Gasteiger partial charge in [0.05, 0.1) is 19.8 Å². The van der Waals surface area contributed by atoms with Crippen LogP contribution in [0.15, 0.2) is 24.3 Å². The monoisotopic (exact) mass is 312 g/mol. The molecule has 0 unspecified atom stereocenters. The number of carbonyl (C=O) groups excluding carboxylic acids is 1. The van der Waals surface area contributed by atoms with Crippen LogP contribution in [0.4, 0.5) is 0 Å². The van der Waals surface area contributed by atoms with E-state index >= 15 is 0 Å². The molecular formula is C15H24N2O3S. The Balaban J connectivity index is 2.12. The summed E-state index contributed by atoms with van der Waals surface area (Å²) in [6.45, 7) is 1.12. The molecule has 0 bridgehead atoms. The second kappa shape index (κ2) is 10.3. The molecule has 5 nitrogen and oxygen atoms in total. The number of carbonyl (C=O) groups is 1. The Kier molecular flexibility index (Phi) is 8.69. The molecule has 21 heavy (non-hydrogen) atoms. The lowest BCUT2D eigenvalue weighted by atomic mass is 10.2. The molecule has 0 aliphatic carbocycles. The Hall–Kier alpha value is -1.40. The summed E-state index contributed by atoms with van der Waals surface area (Å²) in [6.07, 6.45) is 3.45. The van der Waals surface area contributed by atoms with Crippen molar-refractivity contribution < 1.29 is 14.3 Å². The van der Waals surface area contributed by atoms with Crippen molar-refractivity contribution in [2.45, 2.75) is 18.9 Å². The molecular weight excluding hydrogens is 288 g/mol. The second-order valence-corrected chi connectivity index (χ2v) is 5.54. The average molecular weight is 312 g/mol. The van der Waals surface area contributed by atoms with E-state index in [1.807, 2.05) is 30.5 Å². The fourth-order valence-corrected chi connectivity index (χ4v) is 2.14. The molecule has 3 N–H and O–H groups in total. The highest BCUT2D eigenvalue weighted by molar-refractivity contribution is 7.98. The van der Waals surface area contributed by atoms with Gasteiger partial charge in [-0.25, -0.2) is 0 Å². The molecule has 118 valence electrons. The first-order valence-corrected chi connectivity index (χ1v) is 8.36. The Labute approximate surface area is 130 Å². The molecule has 0 aromatic heterocycles. The number of nitrogens with two attached hydrogens (primary N) is 1. The number of rotatable bonds is 10. The van der Waals surface area contributed by atoms with Crippen LogP contribution in [0.1, 0.15) is 12.8 Å². The van der Waals surface area contributed by atoms with E-state index in [0.717, 1.165) is 23.7 Å². The van der Waals surface area contributed by atoms with Crippen LogP contribution in [0.25, 0.3) is 0 Å². The van der Waals surface area contributed by atoms with Gasteiger partial charge in [-0.15, -0.1) is 0 Å². The van der Waals surface area contributed by atoms with E-state index in [-0.39, 0.29) is 5.91 Å². The SMILES string of the molecule is COc1ccc(OCCCNC(=O)[C@@H](N)CCSC)cc1. The van der Waals surface area contributed by atoms with Crippen molar-refractivity contribution in [3.63, 3.8) is 0 Å². The number of hydrogen-bond donors (Lipinski definition) is 2. The number of thioether (sulfide) groups is 1. The largest absolute Gasteiger partial charge is 0.497 e. The molecule has 0 heterocycles. The first-order valence-electron chi connectivity index (χ1n) is 6.96. The predicted octanol–water partition coefficient (Wildman–Crippen LogP) is 1.66. The van der Waals surface area contributed by atoms with Gasteiger partial charge in [-0.1, -0.05) is 0 Å². The Morgan fingerprint density at radius 1 is 1.33 bits per heavy atom. The Morgan fingerprint density at radius 2 is 2.00 bits per heavy atom. The number of benzene rings is 1. The van der Waals surface area contributed by atoms with Gasteiger partial charge in [0.25, 0.3) is 0 Å². The van der Waals surface area contributed by atoms with Gasteiger partial charge in [0, 0.05) is 6.54 Å². The van der Waals surface area contributed by atoms with Gasteiger partial charge in [-0.05, 0) is 49.1 Å². The van der Waals surface area contributed by atoms with Crippen LogP contribution in [-0.2, 0) is 4.79 Å². The second-order valence-electron chi connectivity index (χ2n) is 4.56. The van der Waals surface area contributed by atoms with E-state index in [9.17, 15) is 4.79 Å². The zero-order chi connectivity index (χ0) is 15.5. The summed E-state index contributed by atoms with van der Waals surface area (Å²) in [7, 11) is 1.63. The van der Waals surface area contributed by atoms with Gasteiger partial charge < -0.3 is 20.5 Å².